The average molecular weight is 349 g/mol. The summed E-state index contributed by atoms with van der Waals surface area (Å²) in [6, 6.07) is 2.06. The molecule has 0 radical (unpaired) electrons. The van der Waals surface area contributed by atoms with Gasteiger partial charge in [-0.15, -0.1) is 0 Å². The highest BCUT2D eigenvalue weighted by Gasteiger charge is 2.22. The Bertz CT molecular complexity index is 686. The lowest BCUT2D eigenvalue weighted by Gasteiger charge is -2.29. The number of nitro benzene ring substituents is 1. The van der Waals surface area contributed by atoms with Crippen LogP contribution >= 0.6 is 0 Å². The summed E-state index contributed by atoms with van der Waals surface area (Å²) >= 11 is 0. The molecule has 1 rings (SSSR count). The number of aromatic hydroxyl groups is 2. The van der Waals surface area contributed by atoms with Gasteiger partial charge in [-0.1, -0.05) is 0 Å². The number of rotatable bonds is 8. The summed E-state index contributed by atoms with van der Waals surface area (Å²) in [6.45, 7) is 0.911. The number of phenols is 2. The second kappa shape index (κ2) is 7.11. The minimum atomic E-state index is -4.00. The van der Waals surface area contributed by atoms with Gasteiger partial charge in [0, 0.05) is 18.4 Å². The van der Waals surface area contributed by atoms with Crippen molar-refractivity contribution < 1.29 is 32.6 Å². The molecule has 0 heterocycles. The van der Waals surface area contributed by atoms with E-state index in [1.54, 1.807) is 0 Å². The number of phenolic OH excluding ortho intramolecular Hbond substituents is 2. The van der Waals surface area contributed by atoms with E-state index in [0.717, 1.165) is 12.1 Å². The van der Waals surface area contributed by atoms with E-state index in [2.05, 4.69) is 0 Å². The van der Waals surface area contributed by atoms with Crippen molar-refractivity contribution >= 4 is 15.8 Å². The number of quaternary nitrogens is 1. The first-order valence-corrected chi connectivity index (χ1v) is 8.48. The molecule has 0 saturated carbocycles. The molecule has 0 saturated heterocycles. The smallest absolute Gasteiger partial charge is 0.276 e. The molecule has 3 N–H and O–H groups in total. The summed E-state index contributed by atoms with van der Waals surface area (Å²) in [7, 11) is -0.343. The molecule has 0 unspecified atom stereocenters. The number of benzene rings is 1. The van der Waals surface area contributed by atoms with E-state index in [-0.39, 0.29) is 29.8 Å². The Morgan fingerprint density at radius 1 is 1.17 bits per heavy atom. The fraction of sp³-hybridized carbons (Fsp3) is 0.538. The maximum absolute atomic E-state index is 11.0. The van der Waals surface area contributed by atoms with Crippen LogP contribution in [-0.4, -0.2) is 65.5 Å². The van der Waals surface area contributed by atoms with E-state index in [4.69, 9.17) is 4.55 Å². The predicted molar refractivity (Wildman–Crippen MR) is 83.0 cm³/mol. The van der Waals surface area contributed by atoms with Crippen LogP contribution in [0.15, 0.2) is 12.1 Å². The molecular formula is C13H21N2O7S+. The third-order valence-electron chi connectivity index (χ3n) is 3.52. The molecule has 0 aliphatic carbocycles. The number of nitro groups is 1. The van der Waals surface area contributed by atoms with Crippen molar-refractivity contribution in [1.82, 2.24) is 0 Å². The van der Waals surface area contributed by atoms with Gasteiger partial charge >= 0.3 is 0 Å². The van der Waals surface area contributed by atoms with Gasteiger partial charge in [0.05, 0.1) is 43.9 Å². The Balaban J connectivity index is 2.76. The molecule has 0 bridgehead atoms. The zero-order valence-corrected chi connectivity index (χ0v) is 13.8. The van der Waals surface area contributed by atoms with E-state index in [1.807, 2.05) is 14.1 Å². The fourth-order valence-electron chi connectivity index (χ4n) is 2.19. The second-order valence-corrected chi connectivity index (χ2v) is 7.57. The lowest BCUT2D eigenvalue weighted by Crippen LogP contribution is -2.42. The highest BCUT2D eigenvalue weighted by atomic mass is 32.2. The number of nitrogens with zero attached hydrogens (tertiary/aromatic N) is 2. The summed E-state index contributed by atoms with van der Waals surface area (Å²) in [6.07, 6.45) is 0.526. The molecule has 130 valence electrons. The highest BCUT2D eigenvalue weighted by molar-refractivity contribution is 7.85. The third-order valence-corrected chi connectivity index (χ3v) is 4.33. The molecule has 0 aliphatic heterocycles. The summed E-state index contributed by atoms with van der Waals surface area (Å²) in [5.74, 6) is -1.32. The van der Waals surface area contributed by atoms with Crippen LogP contribution in [0.3, 0.4) is 0 Å². The minimum Gasteiger partial charge on any atom is -0.504 e. The summed E-state index contributed by atoms with van der Waals surface area (Å²) in [4.78, 5) is 10.4. The second-order valence-electron chi connectivity index (χ2n) is 6.00. The fourth-order valence-corrected chi connectivity index (χ4v) is 2.68. The van der Waals surface area contributed by atoms with E-state index in [9.17, 15) is 28.7 Å². The monoisotopic (exact) mass is 349 g/mol. The number of hydrogen-bond acceptors (Lipinski definition) is 6. The first-order valence-electron chi connectivity index (χ1n) is 6.88. The average Bonchev–Trinajstić information content (AvgIpc) is 2.37. The summed E-state index contributed by atoms with van der Waals surface area (Å²) in [5, 5.41) is 29.9. The quantitative estimate of drug-likeness (QED) is 0.208. The maximum atomic E-state index is 11.0. The van der Waals surface area contributed by atoms with Crippen LogP contribution in [0.4, 0.5) is 5.69 Å². The Hall–Kier alpha value is -1.91. The standard InChI is InChI=1S/C13H20N2O7S/c1-15(2,5-3-7-23(20,21)22)6-4-10-8-12(16)13(17)9-11(10)14(18)19/h8-9H,3-7H2,1-2H3,(H2-,16,17,20,21,22)/p+1. The molecule has 0 aliphatic rings. The Kier molecular flexibility index (Phi) is 5.92. The Morgan fingerprint density at radius 3 is 2.26 bits per heavy atom. The van der Waals surface area contributed by atoms with Gasteiger partial charge < -0.3 is 14.7 Å². The van der Waals surface area contributed by atoms with Crippen molar-refractivity contribution in [1.29, 1.82) is 0 Å². The van der Waals surface area contributed by atoms with Crippen LogP contribution in [-0.2, 0) is 16.5 Å². The van der Waals surface area contributed by atoms with E-state index in [0.29, 0.717) is 17.6 Å². The van der Waals surface area contributed by atoms with Crippen molar-refractivity contribution in [2.24, 2.45) is 0 Å². The van der Waals surface area contributed by atoms with Gasteiger partial charge in [-0.05, 0) is 6.07 Å². The summed E-state index contributed by atoms with van der Waals surface area (Å²) in [5.41, 5.74) is 0.00418. The van der Waals surface area contributed by atoms with E-state index in [1.165, 1.54) is 0 Å². The van der Waals surface area contributed by atoms with Crippen LogP contribution in [0.5, 0.6) is 11.5 Å². The molecule has 0 fully saturated rings. The first-order chi connectivity index (χ1) is 10.4. The van der Waals surface area contributed by atoms with Crippen LogP contribution in [0, 0.1) is 10.1 Å². The first kappa shape index (κ1) is 19.1. The molecule has 10 heteroatoms. The highest BCUT2D eigenvalue weighted by Crippen LogP contribution is 2.33. The van der Waals surface area contributed by atoms with Crippen LogP contribution in [0.25, 0.3) is 0 Å². The minimum absolute atomic E-state index is 0.259. The summed E-state index contributed by atoms with van der Waals surface area (Å²) < 4.78 is 30.5. The van der Waals surface area contributed by atoms with Crippen LogP contribution in [0.2, 0.25) is 0 Å². The molecule has 9 nitrogen and oxygen atoms in total. The molecule has 1 aromatic rings. The zero-order chi connectivity index (χ0) is 17.8. The molecule has 0 atom stereocenters. The van der Waals surface area contributed by atoms with E-state index >= 15 is 0 Å². The van der Waals surface area contributed by atoms with Crippen molar-refractivity contribution in [3.8, 4) is 11.5 Å². The van der Waals surface area contributed by atoms with Crippen molar-refractivity contribution in [3.05, 3.63) is 27.8 Å². The van der Waals surface area contributed by atoms with Gasteiger partial charge in [-0.2, -0.15) is 8.42 Å². The topological polar surface area (TPSA) is 138 Å². The van der Waals surface area contributed by atoms with Gasteiger partial charge in [-0.3, -0.25) is 14.7 Å². The SMILES string of the molecule is C[N+](C)(CCCS(=O)(=O)O)CCc1cc(O)c(O)cc1[N+](=O)[O-]. The van der Waals surface area contributed by atoms with Crippen molar-refractivity contribution in [2.45, 2.75) is 12.8 Å². The number of likely N-dealkylation sites (N-methyl/N-ethyl adjacent to an activating group) is 1. The Morgan fingerprint density at radius 2 is 1.74 bits per heavy atom. The molecule has 0 amide bonds. The van der Waals surface area contributed by atoms with Crippen LogP contribution < -0.4 is 0 Å². The van der Waals surface area contributed by atoms with Crippen molar-refractivity contribution in [2.75, 3.05) is 32.9 Å². The zero-order valence-electron chi connectivity index (χ0n) is 13.0. The van der Waals surface area contributed by atoms with Gasteiger partial charge in [0.15, 0.2) is 11.5 Å². The largest absolute Gasteiger partial charge is 0.504 e. The lowest BCUT2D eigenvalue weighted by atomic mass is 10.1. The van der Waals surface area contributed by atoms with Gasteiger partial charge in [-0.25, -0.2) is 0 Å². The van der Waals surface area contributed by atoms with Crippen molar-refractivity contribution in [3.63, 3.8) is 0 Å². The van der Waals surface area contributed by atoms with Crippen LogP contribution in [0.1, 0.15) is 12.0 Å². The van der Waals surface area contributed by atoms with Gasteiger partial charge in [0.25, 0.3) is 15.8 Å². The predicted octanol–water partition coefficient (Wildman–Crippen LogP) is 0.903. The maximum Gasteiger partial charge on any atom is 0.276 e. The molecule has 0 aromatic heterocycles. The van der Waals surface area contributed by atoms with E-state index < -0.39 is 26.5 Å². The normalized spacial score (nSPS) is 12.3. The molecule has 23 heavy (non-hydrogen) atoms. The number of hydrogen-bond donors (Lipinski definition) is 3. The molecule has 1 aromatic carbocycles. The van der Waals surface area contributed by atoms with Gasteiger partial charge in [0.1, 0.15) is 0 Å². The lowest BCUT2D eigenvalue weighted by molar-refractivity contribution is -0.890. The van der Waals surface area contributed by atoms with Gasteiger partial charge in [0.2, 0.25) is 0 Å². The third kappa shape index (κ3) is 6.38. The Labute approximate surface area is 134 Å². The molecule has 0 spiro atoms. The molecular weight excluding hydrogens is 328 g/mol.